The van der Waals surface area contributed by atoms with Crippen molar-refractivity contribution in [2.75, 3.05) is 13.1 Å². The Kier molecular flexibility index (Phi) is 2.86. The van der Waals surface area contributed by atoms with Gasteiger partial charge in [0.2, 0.25) is 0 Å². The molecule has 2 aliphatic rings. The van der Waals surface area contributed by atoms with Crippen LogP contribution < -0.4 is 0 Å². The summed E-state index contributed by atoms with van der Waals surface area (Å²) in [5, 5.41) is 19.2. The Hall–Kier alpha value is -0.120. The molecular formula is C10H19NO2. The van der Waals surface area contributed by atoms with Crippen molar-refractivity contribution in [3.8, 4) is 0 Å². The zero-order valence-electron chi connectivity index (χ0n) is 8.02. The zero-order chi connectivity index (χ0) is 9.26. The largest absolute Gasteiger partial charge is 0.392 e. The summed E-state index contributed by atoms with van der Waals surface area (Å²) in [4.78, 5) is 2.27. The molecule has 0 spiro atoms. The number of aliphatic hydroxyl groups excluding tert-OH is 2. The van der Waals surface area contributed by atoms with Gasteiger partial charge in [0.05, 0.1) is 12.2 Å². The van der Waals surface area contributed by atoms with E-state index < -0.39 is 0 Å². The first-order valence-corrected chi connectivity index (χ1v) is 5.37. The molecule has 0 amide bonds. The number of nitrogens with zero attached hydrogens (tertiary/aromatic N) is 1. The van der Waals surface area contributed by atoms with Crippen molar-refractivity contribution in [2.45, 2.75) is 50.4 Å². The molecule has 76 valence electrons. The summed E-state index contributed by atoms with van der Waals surface area (Å²) in [5.41, 5.74) is 0. The smallest absolute Gasteiger partial charge is 0.0695 e. The maximum absolute atomic E-state index is 9.70. The van der Waals surface area contributed by atoms with Gasteiger partial charge in [-0.15, -0.1) is 0 Å². The minimum atomic E-state index is -0.165. The lowest BCUT2D eigenvalue weighted by Crippen LogP contribution is -2.47. The molecule has 1 aliphatic carbocycles. The fourth-order valence-corrected chi connectivity index (χ4v) is 2.63. The predicted molar refractivity (Wildman–Crippen MR) is 50.5 cm³/mol. The summed E-state index contributed by atoms with van der Waals surface area (Å²) < 4.78 is 0. The molecule has 13 heavy (non-hydrogen) atoms. The van der Waals surface area contributed by atoms with E-state index in [0.717, 1.165) is 45.2 Å². The Morgan fingerprint density at radius 2 is 1.85 bits per heavy atom. The zero-order valence-corrected chi connectivity index (χ0v) is 8.02. The minimum absolute atomic E-state index is 0.148. The van der Waals surface area contributed by atoms with Gasteiger partial charge in [0.1, 0.15) is 0 Å². The molecule has 0 bridgehead atoms. The molecule has 0 radical (unpaired) electrons. The van der Waals surface area contributed by atoms with Crippen molar-refractivity contribution < 1.29 is 10.2 Å². The maximum atomic E-state index is 9.70. The lowest BCUT2D eigenvalue weighted by molar-refractivity contribution is 0.00951. The number of hydrogen-bond donors (Lipinski definition) is 2. The SMILES string of the molecule is OC1CCCN([C@H]2CCC[C@@H]2O)C1. The molecule has 2 N–H and O–H groups in total. The Morgan fingerprint density at radius 1 is 1.00 bits per heavy atom. The minimum Gasteiger partial charge on any atom is -0.392 e. The number of piperidine rings is 1. The van der Waals surface area contributed by atoms with Crippen LogP contribution in [-0.2, 0) is 0 Å². The lowest BCUT2D eigenvalue weighted by Gasteiger charge is -2.36. The van der Waals surface area contributed by atoms with E-state index in [0.29, 0.717) is 6.04 Å². The Morgan fingerprint density at radius 3 is 2.46 bits per heavy atom. The van der Waals surface area contributed by atoms with E-state index in [4.69, 9.17) is 0 Å². The molecule has 1 heterocycles. The van der Waals surface area contributed by atoms with Crippen molar-refractivity contribution in [1.82, 2.24) is 4.90 Å². The first-order valence-electron chi connectivity index (χ1n) is 5.37. The van der Waals surface area contributed by atoms with Gasteiger partial charge in [0, 0.05) is 12.6 Å². The molecular weight excluding hydrogens is 166 g/mol. The van der Waals surface area contributed by atoms with Gasteiger partial charge in [-0.25, -0.2) is 0 Å². The van der Waals surface area contributed by atoms with Crippen molar-refractivity contribution in [3.05, 3.63) is 0 Å². The second-order valence-corrected chi connectivity index (χ2v) is 4.36. The van der Waals surface area contributed by atoms with Gasteiger partial charge in [-0.3, -0.25) is 4.90 Å². The molecule has 2 rings (SSSR count). The third kappa shape index (κ3) is 2.03. The fourth-order valence-electron chi connectivity index (χ4n) is 2.63. The van der Waals surface area contributed by atoms with Crippen molar-refractivity contribution >= 4 is 0 Å². The van der Waals surface area contributed by atoms with E-state index in [1.165, 1.54) is 0 Å². The molecule has 3 nitrogen and oxygen atoms in total. The monoisotopic (exact) mass is 185 g/mol. The molecule has 3 heteroatoms. The first kappa shape index (κ1) is 9.44. The van der Waals surface area contributed by atoms with Crippen LogP contribution in [0.1, 0.15) is 32.1 Å². The molecule has 3 atom stereocenters. The van der Waals surface area contributed by atoms with Crippen LogP contribution in [0.3, 0.4) is 0 Å². The molecule has 1 saturated heterocycles. The highest BCUT2D eigenvalue weighted by molar-refractivity contribution is 4.87. The molecule has 1 saturated carbocycles. The fraction of sp³-hybridized carbons (Fsp3) is 1.00. The number of β-amino-alcohol motifs (C(OH)–C–C–N with tert-alkyl or cyclic N) is 1. The van der Waals surface area contributed by atoms with Crippen molar-refractivity contribution in [2.24, 2.45) is 0 Å². The van der Waals surface area contributed by atoms with Crippen LogP contribution >= 0.6 is 0 Å². The molecule has 0 aromatic rings. The van der Waals surface area contributed by atoms with Gasteiger partial charge in [0.15, 0.2) is 0 Å². The van der Waals surface area contributed by atoms with Gasteiger partial charge in [-0.2, -0.15) is 0 Å². The third-order valence-corrected chi connectivity index (χ3v) is 3.34. The Bertz CT molecular complexity index is 174. The highest BCUT2D eigenvalue weighted by atomic mass is 16.3. The van der Waals surface area contributed by atoms with Crippen molar-refractivity contribution in [3.63, 3.8) is 0 Å². The Balaban J connectivity index is 1.91. The van der Waals surface area contributed by atoms with E-state index in [2.05, 4.69) is 4.90 Å². The summed E-state index contributed by atoms with van der Waals surface area (Å²) in [7, 11) is 0. The van der Waals surface area contributed by atoms with Gasteiger partial charge in [-0.1, -0.05) is 0 Å². The summed E-state index contributed by atoms with van der Waals surface area (Å²) in [6.07, 6.45) is 4.87. The van der Waals surface area contributed by atoms with E-state index in [9.17, 15) is 10.2 Å². The topological polar surface area (TPSA) is 43.7 Å². The highest BCUT2D eigenvalue weighted by Crippen LogP contribution is 2.26. The normalized spacial score (nSPS) is 42.5. The van der Waals surface area contributed by atoms with E-state index in [1.54, 1.807) is 0 Å². The molecule has 1 unspecified atom stereocenters. The molecule has 2 fully saturated rings. The summed E-state index contributed by atoms with van der Waals surface area (Å²) in [6.45, 7) is 1.82. The van der Waals surface area contributed by atoms with Crippen LogP contribution in [0, 0.1) is 0 Å². The van der Waals surface area contributed by atoms with Gasteiger partial charge in [-0.05, 0) is 38.6 Å². The van der Waals surface area contributed by atoms with Gasteiger partial charge < -0.3 is 10.2 Å². The van der Waals surface area contributed by atoms with Crippen molar-refractivity contribution in [1.29, 1.82) is 0 Å². The quantitative estimate of drug-likeness (QED) is 0.620. The molecule has 0 aromatic heterocycles. The van der Waals surface area contributed by atoms with Gasteiger partial charge >= 0.3 is 0 Å². The van der Waals surface area contributed by atoms with Crippen LogP contribution in [0.4, 0.5) is 0 Å². The Labute approximate surface area is 79.4 Å². The standard InChI is InChI=1S/C10H19NO2/c12-8-3-2-6-11(7-8)9-4-1-5-10(9)13/h8-10,12-13H,1-7H2/t8?,9-,10-/m0/s1. The van der Waals surface area contributed by atoms with Crippen LogP contribution in [0.25, 0.3) is 0 Å². The predicted octanol–water partition coefficient (Wildman–Crippen LogP) is 0.357. The van der Waals surface area contributed by atoms with E-state index in [-0.39, 0.29) is 12.2 Å². The average molecular weight is 185 g/mol. The number of rotatable bonds is 1. The lowest BCUT2D eigenvalue weighted by atomic mass is 10.0. The van der Waals surface area contributed by atoms with Crippen LogP contribution in [0.5, 0.6) is 0 Å². The van der Waals surface area contributed by atoms with Crippen LogP contribution in [0.15, 0.2) is 0 Å². The van der Waals surface area contributed by atoms with Gasteiger partial charge in [0.25, 0.3) is 0 Å². The second kappa shape index (κ2) is 3.95. The number of aliphatic hydroxyl groups is 2. The number of hydrogen-bond acceptors (Lipinski definition) is 3. The molecule has 0 aromatic carbocycles. The van der Waals surface area contributed by atoms with Crippen LogP contribution in [0.2, 0.25) is 0 Å². The summed E-state index contributed by atoms with van der Waals surface area (Å²) >= 11 is 0. The van der Waals surface area contributed by atoms with Crippen LogP contribution in [-0.4, -0.2) is 46.5 Å². The average Bonchev–Trinajstić information content (AvgIpc) is 2.51. The third-order valence-electron chi connectivity index (χ3n) is 3.34. The summed E-state index contributed by atoms with van der Waals surface area (Å²) in [6, 6.07) is 0.329. The highest BCUT2D eigenvalue weighted by Gasteiger charge is 2.32. The van der Waals surface area contributed by atoms with E-state index >= 15 is 0 Å². The summed E-state index contributed by atoms with van der Waals surface area (Å²) in [5.74, 6) is 0. The molecule has 1 aliphatic heterocycles. The second-order valence-electron chi connectivity index (χ2n) is 4.36. The van der Waals surface area contributed by atoms with E-state index in [1.807, 2.05) is 0 Å². The first-order chi connectivity index (χ1) is 6.27. The maximum Gasteiger partial charge on any atom is 0.0695 e. The number of likely N-dealkylation sites (tertiary alicyclic amines) is 1.